The largest absolute Gasteiger partial charge is 0.479 e. The molecule has 1 aromatic carbocycles. The lowest BCUT2D eigenvalue weighted by molar-refractivity contribution is -0.146. The Kier molecular flexibility index (Phi) is 4.06. The predicted molar refractivity (Wildman–Crippen MR) is 61.6 cm³/mol. The van der Waals surface area contributed by atoms with Crippen LogP contribution < -0.4 is 11.1 Å². The standard InChI is InChI=1S/C11H14N2O4/c1-6-4-7(2-3-8(6)12)10(15)13-5-9(14)11(16)17/h2-4,9,14H,5,12H2,1H3,(H,13,15)(H,16,17). The van der Waals surface area contributed by atoms with Crippen molar-refractivity contribution in [1.29, 1.82) is 0 Å². The highest BCUT2D eigenvalue weighted by Crippen LogP contribution is 2.12. The Balaban J connectivity index is 2.64. The Morgan fingerprint density at radius 1 is 1.47 bits per heavy atom. The number of amides is 1. The van der Waals surface area contributed by atoms with Gasteiger partial charge in [0.1, 0.15) is 0 Å². The quantitative estimate of drug-likeness (QED) is 0.540. The Hall–Kier alpha value is -2.08. The fourth-order valence-electron chi connectivity index (χ4n) is 1.20. The zero-order valence-electron chi connectivity index (χ0n) is 9.30. The second-order valence-corrected chi connectivity index (χ2v) is 3.64. The van der Waals surface area contributed by atoms with Gasteiger partial charge in [-0.2, -0.15) is 0 Å². The summed E-state index contributed by atoms with van der Waals surface area (Å²) in [5.74, 6) is -1.83. The maximum Gasteiger partial charge on any atom is 0.334 e. The maximum atomic E-state index is 11.6. The maximum absolute atomic E-state index is 11.6. The normalized spacial score (nSPS) is 11.9. The van der Waals surface area contributed by atoms with E-state index in [4.69, 9.17) is 15.9 Å². The molecule has 1 unspecified atom stereocenters. The van der Waals surface area contributed by atoms with Crippen molar-refractivity contribution in [3.8, 4) is 0 Å². The lowest BCUT2D eigenvalue weighted by Crippen LogP contribution is -2.36. The van der Waals surface area contributed by atoms with Gasteiger partial charge in [-0.25, -0.2) is 4.79 Å². The second kappa shape index (κ2) is 5.31. The summed E-state index contributed by atoms with van der Waals surface area (Å²) in [7, 11) is 0. The SMILES string of the molecule is Cc1cc(C(=O)NCC(O)C(=O)O)ccc1N. The third kappa shape index (κ3) is 3.46. The van der Waals surface area contributed by atoms with Gasteiger partial charge in [-0.05, 0) is 30.7 Å². The van der Waals surface area contributed by atoms with Crippen molar-refractivity contribution in [1.82, 2.24) is 5.32 Å². The number of hydrogen-bond donors (Lipinski definition) is 4. The molecular weight excluding hydrogens is 224 g/mol. The van der Waals surface area contributed by atoms with E-state index in [1.54, 1.807) is 19.1 Å². The molecule has 6 heteroatoms. The number of carbonyl (C=O) groups is 2. The van der Waals surface area contributed by atoms with Gasteiger partial charge in [0.2, 0.25) is 0 Å². The molecule has 1 amide bonds. The third-order valence-electron chi connectivity index (χ3n) is 2.27. The lowest BCUT2D eigenvalue weighted by Gasteiger charge is -2.08. The van der Waals surface area contributed by atoms with E-state index in [1.807, 2.05) is 0 Å². The highest BCUT2D eigenvalue weighted by molar-refractivity contribution is 5.95. The van der Waals surface area contributed by atoms with Crippen molar-refractivity contribution in [2.24, 2.45) is 0 Å². The molecule has 0 aliphatic heterocycles. The second-order valence-electron chi connectivity index (χ2n) is 3.64. The number of hydrogen-bond acceptors (Lipinski definition) is 4. The van der Waals surface area contributed by atoms with Gasteiger partial charge >= 0.3 is 5.97 Å². The van der Waals surface area contributed by atoms with Crippen molar-refractivity contribution >= 4 is 17.6 Å². The summed E-state index contributed by atoms with van der Waals surface area (Å²) in [5.41, 5.74) is 7.31. The first-order valence-corrected chi connectivity index (χ1v) is 4.97. The lowest BCUT2D eigenvalue weighted by atomic mass is 10.1. The number of anilines is 1. The first kappa shape index (κ1) is 13.0. The number of rotatable bonds is 4. The zero-order chi connectivity index (χ0) is 13.0. The third-order valence-corrected chi connectivity index (χ3v) is 2.27. The van der Waals surface area contributed by atoms with Crippen LogP contribution in [0.25, 0.3) is 0 Å². The molecular formula is C11H14N2O4. The Labute approximate surface area is 98.1 Å². The minimum atomic E-state index is -1.60. The predicted octanol–water partition coefficient (Wildman–Crippen LogP) is -0.247. The number of carbonyl (C=O) groups excluding carboxylic acids is 1. The van der Waals surface area contributed by atoms with E-state index in [0.717, 1.165) is 5.56 Å². The fourth-order valence-corrected chi connectivity index (χ4v) is 1.20. The minimum absolute atomic E-state index is 0.336. The Morgan fingerprint density at radius 3 is 2.65 bits per heavy atom. The van der Waals surface area contributed by atoms with Crippen LogP contribution in [0, 0.1) is 6.92 Å². The molecule has 5 N–H and O–H groups in total. The van der Waals surface area contributed by atoms with E-state index < -0.39 is 18.0 Å². The van der Waals surface area contributed by atoms with Crippen molar-refractivity contribution in [2.45, 2.75) is 13.0 Å². The smallest absolute Gasteiger partial charge is 0.334 e. The van der Waals surface area contributed by atoms with Gasteiger partial charge in [0, 0.05) is 11.3 Å². The van der Waals surface area contributed by atoms with Crippen LogP contribution in [-0.4, -0.2) is 34.7 Å². The van der Waals surface area contributed by atoms with Crippen LogP contribution in [0.2, 0.25) is 0 Å². The van der Waals surface area contributed by atoms with Crippen molar-refractivity contribution in [3.63, 3.8) is 0 Å². The summed E-state index contributed by atoms with van der Waals surface area (Å²) < 4.78 is 0. The molecule has 6 nitrogen and oxygen atoms in total. The van der Waals surface area contributed by atoms with Gasteiger partial charge in [0.05, 0.1) is 6.54 Å². The number of aryl methyl sites for hydroxylation is 1. The summed E-state index contributed by atoms with van der Waals surface area (Å²) in [6.07, 6.45) is -1.60. The molecule has 1 rings (SSSR count). The highest BCUT2D eigenvalue weighted by Gasteiger charge is 2.15. The summed E-state index contributed by atoms with van der Waals surface area (Å²) in [4.78, 5) is 21.9. The Morgan fingerprint density at radius 2 is 2.12 bits per heavy atom. The number of nitrogen functional groups attached to an aromatic ring is 1. The molecule has 0 heterocycles. The minimum Gasteiger partial charge on any atom is -0.479 e. The molecule has 0 aliphatic rings. The molecule has 0 aromatic heterocycles. The van der Waals surface area contributed by atoms with Gasteiger partial charge < -0.3 is 21.3 Å². The summed E-state index contributed by atoms with van der Waals surface area (Å²) in [5, 5.41) is 19.7. The van der Waals surface area contributed by atoms with Crippen LogP contribution in [0.5, 0.6) is 0 Å². The summed E-state index contributed by atoms with van der Waals surface area (Å²) in [6.45, 7) is 1.43. The molecule has 1 atom stereocenters. The topological polar surface area (TPSA) is 113 Å². The number of carboxylic acid groups (broad SMARTS) is 1. The van der Waals surface area contributed by atoms with Crippen molar-refractivity contribution in [3.05, 3.63) is 29.3 Å². The molecule has 92 valence electrons. The van der Waals surface area contributed by atoms with Crippen LogP contribution in [0.1, 0.15) is 15.9 Å². The van der Waals surface area contributed by atoms with Crippen LogP contribution in [0.4, 0.5) is 5.69 Å². The molecule has 0 spiro atoms. The van der Waals surface area contributed by atoms with E-state index in [1.165, 1.54) is 6.07 Å². The van der Waals surface area contributed by atoms with Crippen molar-refractivity contribution in [2.75, 3.05) is 12.3 Å². The average Bonchev–Trinajstić information content (AvgIpc) is 2.28. The average molecular weight is 238 g/mol. The van der Waals surface area contributed by atoms with E-state index in [2.05, 4.69) is 5.32 Å². The molecule has 0 bridgehead atoms. The van der Waals surface area contributed by atoms with Crippen LogP contribution in [0.3, 0.4) is 0 Å². The monoisotopic (exact) mass is 238 g/mol. The van der Waals surface area contributed by atoms with E-state index in [-0.39, 0.29) is 6.54 Å². The molecule has 17 heavy (non-hydrogen) atoms. The van der Waals surface area contributed by atoms with E-state index >= 15 is 0 Å². The number of nitrogens with two attached hydrogens (primary N) is 1. The molecule has 0 fully saturated rings. The van der Waals surface area contributed by atoms with Gasteiger partial charge in [-0.3, -0.25) is 4.79 Å². The van der Waals surface area contributed by atoms with Gasteiger partial charge in [0.25, 0.3) is 5.91 Å². The van der Waals surface area contributed by atoms with Crippen LogP contribution in [0.15, 0.2) is 18.2 Å². The van der Waals surface area contributed by atoms with Crippen molar-refractivity contribution < 1.29 is 19.8 Å². The summed E-state index contributed by atoms with van der Waals surface area (Å²) in [6, 6.07) is 4.72. The number of nitrogens with one attached hydrogen (secondary N) is 1. The first-order valence-electron chi connectivity index (χ1n) is 4.97. The zero-order valence-corrected chi connectivity index (χ0v) is 9.30. The molecule has 0 radical (unpaired) electrons. The highest BCUT2D eigenvalue weighted by atomic mass is 16.4. The number of benzene rings is 1. The number of aliphatic carboxylic acids is 1. The van der Waals surface area contributed by atoms with Gasteiger partial charge in [-0.1, -0.05) is 0 Å². The number of carboxylic acids is 1. The Bertz CT molecular complexity index is 445. The molecule has 0 aliphatic carbocycles. The number of aliphatic hydroxyl groups excluding tert-OH is 1. The summed E-state index contributed by atoms with van der Waals surface area (Å²) >= 11 is 0. The van der Waals surface area contributed by atoms with Crippen LogP contribution >= 0.6 is 0 Å². The van der Waals surface area contributed by atoms with E-state index in [0.29, 0.717) is 11.3 Å². The van der Waals surface area contributed by atoms with Gasteiger partial charge in [-0.15, -0.1) is 0 Å². The number of aliphatic hydroxyl groups is 1. The molecule has 0 saturated heterocycles. The van der Waals surface area contributed by atoms with Crippen LogP contribution in [-0.2, 0) is 4.79 Å². The molecule has 0 saturated carbocycles. The van der Waals surface area contributed by atoms with E-state index in [9.17, 15) is 9.59 Å². The van der Waals surface area contributed by atoms with Gasteiger partial charge in [0.15, 0.2) is 6.10 Å². The molecule has 1 aromatic rings. The first-order chi connectivity index (χ1) is 7.91. The fraction of sp³-hybridized carbons (Fsp3) is 0.273.